The van der Waals surface area contributed by atoms with Gasteiger partial charge in [-0.2, -0.15) is 0 Å². The first kappa shape index (κ1) is 11.6. The molecular formula is C15H17NO2. The summed E-state index contributed by atoms with van der Waals surface area (Å²) in [7, 11) is 1.63. The molecule has 0 saturated heterocycles. The first-order chi connectivity index (χ1) is 8.75. The summed E-state index contributed by atoms with van der Waals surface area (Å²) in [5.74, 6) is 0.296. The lowest BCUT2D eigenvalue weighted by atomic mass is 9.88. The third kappa shape index (κ3) is 1.80. The van der Waals surface area contributed by atoms with Crippen LogP contribution in [0.5, 0.6) is 0 Å². The number of para-hydroxylation sites is 1. The Morgan fingerprint density at radius 1 is 1.33 bits per heavy atom. The fourth-order valence-corrected chi connectivity index (χ4v) is 2.65. The van der Waals surface area contributed by atoms with Gasteiger partial charge in [0.25, 0.3) is 0 Å². The standard InChI is InChI=1S/C15H17NO2/c1-18-10-15(17,12-7-8-12)13-6-2-4-11-5-3-9-16-14(11)13/h2-6,9,12,17H,7-8,10H2,1H3. The zero-order valence-electron chi connectivity index (χ0n) is 10.5. The number of fused-ring (bicyclic) bond motifs is 1. The number of hydrogen-bond acceptors (Lipinski definition) is 3. The molecule has 94 valence electrons. The average molecular weight is 243 g/mol. The van der Waals surface area contributed by atoms with Gasteiger partial charge >= 0.3 is 0 Å². The van der Waals surface area contributed by atoms with Crippen molar-refractivity contribution in [3.05, 3.63) is 42.1 Å². The van der Waals surface area contributed by atoms with Gasteiger partial charge in [0.1, 0.15) is 5.60 Å². The van der Waals surface area contributed by atoms with Crippen molar-refractivity contribution in [2.75, 3.05) is 13.7 Å². The molecule has 0 spiro atoms. The van der Waals surface area contributed by atoms with Crippen LogP contribution in [0.2, 0.25) is 0 Å². The topological polar surface area (TPSA) is 42.4 Å². The lowest BCUT2D eigenvalue weighted by Gasteiger charge is -2.28. The molecule has 3 rings (SSSR count). The van der Waals surface area contributed by atoms with Gasteiger partial charge in [-0.1, -0.05) is 24.3 Å². The van der Waals surface area contributed by atoms with Crippen molar-refractivity contribution < 1.29 is 9.84 Å². The maximum absolute atomic E-state index is 11.0. The molecule has 1 atom stereocenters. The maximum Gasteiger partial charge on any atom is 0.118 e. The van der Waals surface area contributed by atoms with Gasteiger partial charge in [-0.25, -0.2) is 0 Å². The van der Waals surface area contributed by atoms with Crippen LogP contribution in [0, 0.1) is 5.92 Å². The molecule has 1 N–H and O–H groups in total. The second-order valence-corrected chi connectivity index (χ2v) is 5.01. The summed E-state index contributed by atoms with van der Waals surface area (Å²) >= 11 is 0. The Morgan fingerprint density at radius 2 is 2.11 bits per heavy atom. The van der Waals surface area contributed by atoms with Crippen molar-refractivity contribution in [1.82, 2.24) is 4.98 Å². The van der Waals surface area contributed by atoms with Crippen LogP contribution in [0.25, 0.3) is 10.9 Å². The Kier molecular flexibility index (Phi) is 2.80. The Balaban J connectivity index is 2.17. The zero-order valence-corrected chi connectivity index (χ0v) is 10.5. The van der Waals surface area contributed by atoms with E-state index in [9.17, 15) is 5.11 Å². The van der Waals surface area contributed by atoms with E-state index in [0.29, 0.717) is 12.5 Å². The second kappa shape index (κ2) is 4.34. The molecule has 2 aromatic rings. The van der Waals surface area contributed by atoms with Gasteiger partial charge in [0.2, 0.25) is 0 Å². The molecule has 1 saturated carbocycles. The predicted octanol–water partition coefficient (Wildman–Crippen LogP) is 2.48. The lowest BCUT2D eigenvalue weighted by molar-refractivity contribution is -0.0522. The van der Waals surface area contributed by atoms with Gasteiger partial charge in [-0.05, 0) is 24.8 Å². The summed E-state index contributed by atoms with van der Waals surface area (Å²) in [5, 5.41) is 12.0. The van der Waals surface area contributed by atoms with Gasteiger partial charge in [0, 0.05) is 24.3 Å². The molecule has 0 amide bonds. The van der Waals surface area contributed by atoms with Gasteiger partial charge in [-0.15, -0.1) is 0 Å². The molecule has 1 aliphatic carbocycles. The number of nitrogens with zero attached hydrogens (tertiary/aromatic N) is 1. The Bertz CT molecular complexity index is 560. The zero-order chi connectivity index (χ0) is 12.6. The lowest BCUT2D eigenvalue weighted by Crippen LogP contribution is -2.34. The molecule has 0 bridgehead atoms. The molecule has 0 radical (unpaired) electrons. The van der Waals surface area contributed by atoms with Crippen molar-refractivity contribution in [2.24, 2.45) is 5.92 Å². The summed E-state index contributed by atoms with van der Waals surface area (Å²) in [4.78, 5) is 4.42. The fraction of sp³-hybridized carbons (Fsp3) is 0.400. The third-order valence-electron chi connectivity index (χ3n) is 3.72. The normalized spacial score (nSPS) is 18.8. The highest BCUT2D eigenvalue weighted by atomic mass is 16.5. The van der Waals surface area contributed by atoms with Crippen molar-refractivity contribution in [3.63, 3.8) is 0 Å². The van der Waals surface area contributed by atoms with Gasteiger partial charge in [0.15, 0.2) is 0 Å². The van der Waals surface area contributed by atoms with Crippen LogP contribution in [0.15, 0.2) is 36.5 Å². The summed E-state index contributed by atoms with van der Waals surface area (Å²) in [6.45, 7) is 0.327. The van der Waals surface area contributed by atoms with Crippen molar-refractivity contribution in [2.45, 2.75) is 18.4 Å². The number of aliphatic hydroxyl groups is 1. The van der Waals surface area contributed by atoms with Crippen LogP contribution in [0.4, 0.5) is 0 Å². The monoisotopic (exact) mass is 243 g/mol. The van der Waals surface area contributed by atoms with Crippen LogP contribution in [-0.4, -0.2) is 23.8 Å². The fourth-order valence-electron chi connectivity index (χ4n) is 2.65. The van der Waals surface area contributed by atoms with Crippen LogP contribution in [-0.2, 0) is 10.3 Å². The quantitative estimate of drug-likeness (QED) is 0.897. The molecule has 1 unspecified atom stereocenters. The first-order valence-electron chi connectivity index (χ1n) is 6.31. The SMILES string of the molecule is COCC(O)(c1cccc2cccnc12)C1CC1. The largest absolute Gasteiger partial charge is 0.382 e. The van der Waals surface area contributed by atoms with E-state index < -0.39 is 5.60 Å². The van der Waals surface area contributed by atoms with E-state index in [2.05, 4.69) is 4.98 Å². The Hall–Kier alpha value is -1.45. The number of methoxy groups -OCH3 is 1. The average Bonchev–Trinajstić information content (AvgIpc) is 3.23. The summed E-state index contributed by atoms with van der Waals surface area (Å²) in [6, 6.07) is 9.89. The smallest absolute Gasteiger partial charge is 0.118 e. The van der Waals surface area contributed by atoms with E-state index in [1.165, 1.54) is 0 Å². The molecule has 3 nitrogen and oxygen atoms in total. The van der Waals surface area contributed by atoms with Crippen molar-refractivity contribution >= 4 is 10.9 Å². The van der Waals surface area contributed by atoms with Crippen LogP contribution < -0.4 is 0 Å². The summed E-state index contributed by atoms with van der Waals surface area (Å²) in [5.41, 5.74) is 0.874. The Labute approximate surface area is 106 Å². The molecule has 1 aliphatic rings. The van der Waals surface area contributed by atoms with Crippen molar-refractivity contribution in [3.8, 4) is 0 Å². The molecule has 18 heavy (non-hydrogen) atoms. The molecule has 1 aromatic carbocycles. The van der Waals surface area contributed by atoms with Crippen LogP contribution >= 0.6 is 0 Å². The third-order valence-corrected chi connectivity index (χ3v) is 3.72. The van der Waals surface area contributed by atoms with Gasteiger partial charge in [0.05, 0.1) is 12.1 Å². The molecule has 1 aromatic heterocycles. The minimum absolute atomic E-state index is 0.296. The van der Waals surface area contributed by atoms with Gasteiger partial charge < -0.3 is 9.84 Å². The minimum Gasteiger partial charge on any atom is -0.382 e. The number of pyridine rings is 1. The Morgan fingerprint density at radius 3 is 2.83 bits per heavy atom. The highest BCUT2D eigenvalue weighted by molar-refractivity contribution is 5.82. The highest BCUT2D eigenvalue weighted by Crippen LogP contribution is 2.47. The van der Waals surface area contributed by atoms with E-state index in [1.54, 1.807) is 13.3 Å². The second-order valence-electron chi connectivity index (χ2n) is 5.01. The van der Waals surface area contributed by atoms with E-state index in [1.807, 2.05) is 30.3 Å². The molecule has 1 fully saturated rings. The van der Waals surface area contributed by atoms with E-state index in [-0.39, 0.29) is 0 Å². The first-order valence-corrected chi connectivity index (χ1v) is 6.31. The minimum atomic E-state index is -0.900. The van der Waals surface area contributed by atoms with Crippen LogP contribution in [0.1, 0.15) is 18.4 Å². The number of hydrogen-bond donors (Lipinski definition) is 1. The molecular weight excluding hydrogens is 226 g/mol. The number of rotatable bonds is 4. The maximum atomic E-state index is 11.0. The number of aromatic nitrogens is 1. The predicted molar refractivity (Wildman–Crippen MR) is 70.2 cm³/mol. The molecule has 0 aliphatic heterocycles. The van der Waals surface area contributed by atoms with Gasteiger partial charge in [-0.3, -0.25) is 4.98 Å². The highest BCUT2D eigenvalue weighted by Gasteiger charge is 2.46. The van der Waals surface area contributed by atoms with E-state index >= 15 is 0 Å². The molecule has 1 heterocycles. The van der Waals surface area contributed by atoms with Crippen molar-refractivity contribution in [1.29, 1.82) is 0 Å². The molecule has 3 heteroatoms. The number of benzene rings is 1. The summed E-state index contributed by atoms with van der Waals surface area (Å²) < 4.78 is 5.23. The van der Waals surface area contributed by atoms with E-state index in [0.717, 1.165) is 29.3 Å². The summed E-state index contributed by atoms with van der Waals surface area (Å²) in [6.07, 6.45) is 3.89. The van der Waals surface area contributed by atoms with Crippen LogP contribution in [0.3, 0.4) is 0 Å². The number of ether oxygens (including phenoxy) is 1. The van der Waals surface area contributed by atoms with E-state index in [4.69, 9.17) is 4.74 Å².